The topological polar surface area (TPSA) is 64.2 Å². The summed E-state index contributed by atoms with van der Waals surface area (Å²) in [6.07, 6.45) is 1.85. The van der Waals surface area contributed by atoms with Crippen molar-refractivity contribution < 1.29 is 9.21 Å². The molecule has 0 aliphatic carbocycles. The number of nitrogens with zero attached hydrogens (tertiary/aromatic N) is 4. The monoisotopic (exact) mass is 378 g/mol. The number of aromatic nitrogens is 3. The van der Waals surface area contributed by atoms with Gasteiger partial charge in [0.05, 0.1) is 12.2 Å². The van der Waals surface area contributed by atoms with Gasteiger partial charge >= 0.3 is 0 Å². The van der Waals surface area contributed by atoms with Gasteiger partial charge in [-0.2, -0.15) is 5.10 Å². The Labute approximate surface area is 165 Å². The molecule has 4 rings (SSSR count). The van der Waals surface area contributed by atoms with E-state index in [0.717, 1.165) is 35.2 Å². The normalized spacial score (nSPS) is 13.6. The summed E-state index contributed by atoms with van der Waals surface area (Å²) in [4.78, 5) is 19.2. The Morgan fingerprint density at radius 3 is 2.68 bits per heavy atom. The van der Waals surface area contributed by atoms with Crippen molar-refractivity contribution in [2.75, 3.05) is 6.54 Å². The first-order chi connectivity index (χ1) is 13.5. The number of rotatable bonds is 5. The molecule has 0 radical (unpaired) electrons. The van der Waals surface area contributed by atoms with Crippen molar-refractivity contribution in [2.24, 2.45) is 0 Å². The summed E-state index contributed by atoms with van der Waals surface area (Å²) in [5.41, 5.74) is 5.43. The molecule has 0 spiro atoms. The van der Waals surface area contributed by atoms with Gasteiger partial charge in [0.2, 0.25) is 5.91 Å². The van der Waals surface area contributed by atoms with E-state index in [1.165, 1.54) is 11.1 Å². The zero-order valence-corrected chi connectivity index (χ0v) is 16.7. The van der Waals surface area contributed by atoms with E-state index in [9.17, 15) is 4.79 Å². The minimum absolute atomic E-state index is 0.142. The van der Waals surface area contributed by atoms with Crippen LogP contribution in [0, 0.1) is 20.8 Å². The Kier molecular flexibility index (Phi) is 5.03. The molecular formula is C22H26N4O2. The summed E-state index contributed by atoms with van der Waals surface area (Å²) in [5, 5.41) is 4.52. The van der Waals surface area contributed by atoms with E-state index in [1.54, 1.807) is 0 Å². The van der Waals surface area contributed by atoms with Crippen LogP contribution in [0.3, 0.4) is 0 Å². The number of carbonyl (C=O) groups excluding carboxylic acids is 1. The van der Waals surface area contributed by atoms with Crippen LogP contribution in [0.5, 0.6) is 0 Å². The van der Waals surface area contributed by atoms with Gasteiger partial charge < -0.3 is 9.32 Å². The minimum atomic E-state index is 0.142. The number of oxazole rings is 1. The maximum absolute atomic E-state index is 12.7. The van der Waals surface area contributed by atoms with E-state index in [2.05, 4.69) is 36.1 Å². The third-order valence-electron chi connectivity index (χ3n) is 5.60. The lowest BCUT2D eigenvalue weighted by molar-refractivity contribution is -0.132. The molecule has 0 N–H and O–H groups in total. The molecule has 0 fully saturated rings. The number of benzene rings is 1. The van der Waals surface area contributed by atoms with Crippen molar-refractivity contribution >= 4 is 5.91 Å². The highest BCUT2D eigenvalue weighted by molar-refractivity contribution is 5.76. The summed E-state index contributed by atoms with van der Waals surface area (Å²) in [5.74, 6) is 1.79. The van der Waals surface area contributed by atoms with Crippen LogP contribution >= 0.6 is 0 Å². The molecule has 1 aliphatic heterocycles. The first kappa shape index (κ1) is 18.5. The summed E-state index contributed by atoms with van der Waals surface area (Å²) in [7, 11) is 0. The molecule has 146 valence electrons. The van der Waals surface area contributed by atoms with Crippen molar-refractivity contribution in [1.29, 1.82) is 0 Å². The Morgan fingerprint density at radius 1 is 1.18 bits per heavy atom. The molecule has 0 saturated heterocycles. The van der Waals surface area contributed by atoms with Crippen LogP contribution in [-0.2, 0) is 30.7 Å². The average molecular weight is 378 g/mol. The maximum Gasteiger partial charge on any atom is 0.224 e. The van der Waals surface area contributed by atoms with Crippen LogP contribution in [0.4, 0.5) is 0 Å². The van der Waals surface area contributed by atoms with Crippen LogP contribution in [0.15, 0.2) is 34.7 Å². The lowest BCUT2D eigenvalue weighted by Gasteiger charge is -2.25. The Bertz CT molecular complexity index is 988. The molecule has 28 heavy (non-hydrogen) atoms. The van der Waals surface area contributed by atoms with Crippen molar-refractivity contribution in [2.45, 2.75) is 53.1 Å². The van der Waals surface area contributed by atoms with Crippen molar-refractivity contribution in [3.63, 3.8) is 0 Å². The number of amides is 1. The molecule has 0 unspecified atom stereocenters. The average Bonchev–Trinajstić information content (AvgIpc) is 3.21. The van der Waals surface area contributed by atoms with Crippen LogP contribution < -0.4 is 0 Å². The van der Waals surface area contributed by atoms with Crippen molar-refractivity contribution in [3.05, 3.63) is 70.2 Å². The van der Waals surface area contributed by atoms with E-state index < -0.39 is 0 Å². The van der Waals surface area contributed by atoms with Crippen molar-refractivity contribution in [1.82, 2.24) is 19.7 Å². The Morgan fingerprint density at radius 2 is 1.96 bits per heavy atom. The Balaban J connectivity index is 1.38. The van der Waals surface area contributed by atoms with Crippen molar-refractivity contribution in [3.8, 4) is 0 Å². The summed E-state index contributed by atoms with van der Waals surface area (Å²) in [6.45, 7) is 7.95. The third-order valence-corrected chi connectivity index (χ3v) is 5.60. The zero-order chi connectivity index (χ0) is 19.7. The van der Waals surface area contributed by atoms with Gasteiger partial charge in [-0.15, -0.1) is 0 Å². The SMILES string of the molecule is Cc1nn(CCC(=O)N2CCc3oc(Cc4ccccc4)nc3C2)c(C)c1C. The number of fused-ring (bicyclic) bond motifs is 1. The summed E-state index contributed by atoms with van der Waals surface area (Å²) < 4.78 is 7.87. The van der Waals surface area contributed by atoms with E-state index in [0.29, 0.717) is 32.5 Å². The molecule has 1 aliphatic rings. The third kappa shape index (κ3) is 3.72. The lowest BCUT2D eigenvalue weighted by Crippen LogP contribution is -2.36. The Hall–Kier alpha value is -2.89. The minimum Gasteiger partial charge on any atom is -0.445 e. The van der Waals surface area contributed by atoms with E-state index in [-0.39, 0.29) is 5.91 Å². The molecule has 0 bridgehead atoms. The van der Waals surface area contributed by atoms with E-state index in [4.69, 9.17) is 4.42 Å². The smallest absolute Gasteiger partial charge is 0.224 e. The van der Waals surface area contributed by atoms with Gasteiger partial charge in [0.25, 0.3) is 0 Å². The fourth-order valence-electron chi connectivity index (χ4n) is 3.67. The van der Waals surface area contributed by atoms with Gasteiger partial charge in [0.1, 0.15) is 11.5 Å². The van der Waals surface area contributed by atoms with Gasteiger partial charge in [-0.05, 0) is 31.9 Å². The van der Waals surface area contributed by atoms with Gasteiger partial charge in [-0.3, -0.25) is 9.48 Å². The quantitative estimate of drug-likeness (QED) is 0.683. The number of carbonyl (C=O) groups is 1. The molecule has 6 nitrogen and oxygen atoms in total. The van der Waals surface area contributed by atoms with Gasteiger partial charge in [0.15, 0.2) is 5.89 Å². The van der Waals surface area contributed by atoms with Crippen LogP contribution in [0.25, 0.3) is 0 Å². The summed E-state index contributed by atoms with van der Waals surface area (Å²) in [6, 6.07) is 10.2. The highest BCUT2D eigenvalue weighted by Crippen LogP contribution is 2.22. The lowest BCUT2D eigenvalue weighted by atomic mass is 10.1. The van der Waals surface area contributed by atoms with Gasteiger partial charge in [0, 0.05) is 38.0 Å². The molecule has 0 atom stereocenters. The largest absolute Gasteiger partial charge is 0.445 e. The number of aryl methyl sites for hydroxylation is 2. The molecule has 0 saturated carbocycles. The predicted molar refractivity (Wildman–Crippen MR) is 106 cm³/mol. The molecular weight excluding hydrogens is 352 g/mol. The first-order valence-corrected chi connectivity index (χ1v) is 9.81. The zero-order valence-electron chi connectivity index (χ0n) is 16.7. The number of hydrogen-bond donors (Lipinski definition) is 0. The molecule has 6 heteroatoms. The fourth-order valence-corrected chi connectivity index (χ4v) is 3.67. The van der Waals surface area contributed by atoms with E-state index >= 15 is 0 Å². The molecule has 1 aromatic carbocycles. The molecule has 2 aromatic heterocycles. The van der Waals surface area contributed by atoms with Gasteiger partial charge in [-0.1, -0.05) is 30.3 Å². The summed E-state index contributed by atoms with van der Waals surface area (Å²) >= 11 is 0. The molecule has 1 amide bonds. The van der Waals surface area contributed by atoms with Crippen LogP contribution in [-0.4, -0.2) is 32.1 Å². The highest BCUT2D eigenvalue weighted by atomic mass is 16.4. The number of hydrogen-bond acceptors (Lipinski definition) is 4. The maximum atomic E-state index is 12.7. The predicted octanol–water partition coefficient (Wildman–Crippen LogP) is 3.36. The first-order valence-electron chi connectivity index (χ1n) is 9.81. The van der Waals surface area contributed by atoms with Gasteiger partial charge in [-0.25, -0.2) is 4.98 Å². The fraction of sp³-hybridized carbons (Fsp3) is 0.409. The van der Waals surface area contributed by atoms with Crippen LogP contribution in [0.2, 0.25) is 0 Å². The second kappa shape index (κ2) is 7.62. The standard InChI is InChI=1S/C22H26N4O2/c1-15-16(2)24-26(17(15)3)12-10-22(27)25-11-9-20-19(14-25)23-21(28-20)13-18-7-5-4-6-8-18/h4-8H,9-14H2,1-3H3. The second-order valence-electron chi connectivity index (χ2n) is 7.47. The van der Waals surface area contributed by atoms with E-state index in [1.807, 2.05) is 34.7 Å². The molecule has 3 heterocycles. The van der Waals surface area contributed by atoms with Crippen LogP contribution in [0.1, 0.15) is 46.3 Å². The molecule has 3 aromatic rings. The highest BCUT2D eigenvalue weighted by Gasteiger charge is 2.25. The second-order valence-corrected chi connectivity index (χ2v) is 7.47.